The molecule has 5 rings (SSSR count). The van der Waals surface area contributed by atoms with Crippen molar-refractivity contribution in [3.63, 3.8) is 0 Å². The molecule has 0 aliphatic carbocycles. The number of carbonyl (C=O) groups excluding carboxylic acids is 2. The van der Waals surface area contributed by atoms with Crippen LogP contribution in [-0.4, -0.2) is 60.9 Å². The number of ether oxygens (including phenoxy) is 2. The van der Waals surface area contributed by atoms with Gasteiger partial charge >= 0.3 is 17.1 Å². The van der Waals surface area contributed by atoms with Crippen molar-refractivity contribution in [1.82, 2.24) is 13.7 Å². The fraction of sp³-hybridized carbons (Fsp3) is 0.194. The van der Waals surface area contributed by atoms with Crippen LogP contribution in [0, 0.1) is 0 Å². The molecule has 246 valence electrons. The minimum absolute atomic E-state index is 0.157. The maximum Gasteiger partial charge on any atom is 0.336 e. The van der Waals surface area contributed by atoms with Crippen LogP contribution in [0.1, 0.15) is 31.8 Å². The van der Waals surface area contributed by atoms with Crippen molar-refractivity contribution in [1.29, 1.82) is 0 Å². The molecule has 0 spiro atoms. The number of aliphatic hydroxyl groups excluding tert-OH is 2. The average Bonchev–Trinajstić information content (AvgIpc) is 3.13. The number of aromatic nitrogens is 3. The lowest BCUT2D eigenvalue weighted by atomic mass is 10.0. The molecule has 0 bridgehead atoms. The first-order valence-electron chi connectivity index (χ1n) is 15.0. The van der Waals surface area contributed by atoms with E-state index in [0.29, 0.717) is 47.5 Å². The van der Waals surface area contributed by atoms with E-state index in [1.54, 1.807) is 97.1 Å². The van der Waals surface area contributed by atoms with Gasteiger partial charge in [0, 0.05) is 29.3 Å². The molecule has 0 radical (unpaired) electrons. The van der Waals surface area contributed by atoms with E-state index in [-0.39, 0.29) is 24.8 Å². The van der Waals surface area contributed by atoms with Crippen LogP contribution in [0.3, 0.4) is 0 Å². The molecule has 0 saturated carbocycles. The summed E-state index contributed by atoms with van der Waals surface area (Å²) in [6.45, 7) is -1.58. The maximum absolute atomic E-state index is 13.2. The number of aliphatic hydroxyl groups is 2. The lowest BCUT2D eigenvalue weighted by Gasteiger charge is -2.17. The van der Waals surface area contributed by atoms with Crippen LogP contribution in [0.25, 0.3) is 0 Å². The van der Waals surface area contributed by atoms with Crippen molar-refractivity contribution >= 4 is 11.6 Å². The first-order valence-corrected chi connectivity index (χ1v) is 15.0. The highest BCUT2D eigenvalue weighted by Gasteiger charge is 2.19. The highest BCUT2D eigenvalue weighted by molar-refractivity contribution is 6.09. The van der Waals surface area contributed by atoms with Crippen molar-refractivity contribution in [3.05, 3.63) is 163 Å². The maximum atomic E-state index is 13.2. The highest BCUT2D eigenvalue weighted by Crippen LogP contribution is 2.17. The van der Waals surface area contributed by atoms with E-state index in [4.69, 9.17) is 9.47 Å². The van der Waals surface area contributed by atoms with Gasteiger partial charge in [-0.25, -0.2) is 28.1 Å². The molecule has 2 atom stereocenters. The van der Waals surface area contributed by atoms with Crippen LogP contribution < -0.4 is 26.5 Å². The third kappa shape index (κ3) is 7.92. The summed E-state index contributed by atoms with van der Waals surface area (Å²) in [5, 5.41) is 21.2. The predicted molar refractivity (Wildman–Crippen MR) is 176 cm³/mol. The Morgan fingerprint density at radius 3 is 1.23 bits per heavy atom. The summed E-state index contributed by atoms with van der Waals surface area (Å²) >= 11 is 0. The Balaban J connectivity index is 1.18. The quantitative estimate of drug-likeness (QED) is 0.171. The molecule has 2 unspecified atom stereocenters. The predicted octanol–water partition coefficient (Wildman–Crippen LogP) is 2.05. The van der Waals surface area contributed by atoms with Crippen molar-refractivity contribution in [2.24, 2.45) is 7.05 Å². The van der Waals surface area contributed by atoms with Crippen LogP contribution in [0.2, 0.25) is 0 Å². The molecule has 0 aliphatic heterocycles. The summed E-state index contributed by atoms with van der Waals surface area (Å²) < 4.78 is 13.3. The van der Waals surface area contributed by atoms with E-state index in [1.807, 2.05) is 12.1 Å². The van der Waals surface area contributed by atoms with Gasteiger partial charge in [-0.05, 0) is 48.5 Å². The van der Waals surface area contributed by atoms with Crippen LogP contribution in [-0.2, 0) is 20.1 Å². The molecular weight excluding hydrogens is 618 g/mol. The Bertz CT molecular complexity index is 1910. The highest BCUT2D eigenvalue weighted by atomic mass is 16.5. The van der Waals surface area contributed by atoms with Gasteiger partial charge in [0.2, 0.25) is 0 Å². The third-order valence-electron chi connectivity index (χ3n) is 7.47. The topological polar surface area (TPSA) is 159 Å². The van der Waals surface area contributed by atoms with Gasteiger partial charge in [0.25, 0.3) is 0 Å². The summed E-state index contributed by atoms with van der Waals surface area (Å²) in [6.07, 6.45) is -2.64. The molecule has 0 amide bonds. The minimum Gasteiger partial charge on any atom is -0.491 e. The van der Waals surface area contributed by atoms with Crippen molar-refractivity contribution < 1.29 is 29.3 Å². The van der Waals surface area contributed by atoms with Crippen LogP contribution in [0.4, 0.5) is 0 Å². The van der Waals surface area contributed by atoms with Gasteiger partial charge in [-0.3, -0.25) is 9.59 Å². The number of ketones is 2. The Labute approximate surface area is 274 Å². The Kier molecular flexibility index (Phi) is 10.6. The third-order valence-corrected chi connectivity index (χ3v) is 7.47. The summed E-state index contributed by atoms with van der Waals surface area (Å²) in [4.78, 5) is 63.9. The fourth-order valence-electron chi connectivity index (χ4n) is 4.89. The van der Waals surface area contributed by atoms with Crippen molar-refractivity contribution in [2.75, 3.05) is 13.2 Å². The number of carbonyl (C=O) groups is 2. The lowest BCUT2D eigenvalue weighted by molar-refractivity contribution is 0.0817. The lowest BCUT2D eigenvalue weighted by Crippen LogP contribution is -2.56. The van der Waals surface area contributed by atoms with E-state index < -0.39 is 42.4 Å². The number of hydrogen-bond acceptors (Lipinski definition) is 9. The van der Waals surface area contributed by atoms with Gasteiger partial charge in [-0.1, -0.05) is 60.7 Å². The molecule has 2 N–H and O–H groups in total. The first kappa shape index (κ1) is 33.5. The fourth-order valence-corrected chi connectivity index (χ4v) is 4.89. The Morgan fingerprint density at radius 1 is 0.542 bits per heavy atom. The molecular formula is C36H33N3O9. The second-order valence-electron chi connectivity index (χ2n) is 11.0. The zero-order valence-electron chi connectivity index (χ0n) is 26.0. The second-order valence-corrected chi connectivity index (χ2v) is 11.0. The summed E-state index contributed by atoms with van der Waals surface area (Å²) in [7, 11) is 1.18. The van der Waals surface area contributed by atoms with E-state index in [1.165, 1.54) is 7.05 Å². The largest absolute Gasteiger partial charge is 0.491 e. The van der Waals surface area contributed by atoms with Crippen molar-refractivity contribution in [2.45, 2.75) is 25.3 Å². The van der Waals surface area contributed by atoms with Gasteiger partial charge in [0.15, 0.2) is 11.6 Å². The monoisotopic (exact) mass is 651 g/mol. The molecule has 12 heteroatoms. The average molecular weight is 652 g/mol. The molecule has 0 saturated heterocycles. The Morgan fingerprint density at radius 2 is 0.875 bits per heavy atom. The van der Waals surface area contributed by atoms with E-state index in [0.717, 1.165) is 0 Å². The molecule has 5 aromatic rings. The smallest absolute Gasteiger partial charge is 0.336 e. The minimum atomic E-state index is -1.32. The number of hydrogen-bond donors (Lipinski definition) is 2. The normalized spacial score (nSPS) is 12.2. The zero-order valence-corrected chi connectivity index (χ0v) is 26.0. The van der Waals surface area contributed by atoms with E-state index in [9.17, 15) is 34.2 Å². The first-order chi connectivity index (χ1) is 23.1. The SMILES string of the molecule is Cn1c(=O)n(CC(O)COc2ccc(C(=O)c3ccccc3)cc2)c(=O)n(CC(O)COc2ccc(C(=O)c3ccccc3)cc2)c1=O. The molecule has 1 heterocycles. The molecule has 4 aromatic carbocycles. The van der Waals surface area contributed by atoms with Gasteiger partial charge < -0.3 is 19.7 Å². The number of rotatable bonds is 14. The van der Waals surface area contributed by atoms with Crippen LogP contribution >= 0.6 is 0 Å². The van der Waals surface area contributed by atoms with Crippen LogP contribution in [0.15, 0.2) is 124 Å². The second kappa shape index (κ2) is 15.2. The van der Waals surface area contributed by atoms with Gasteiger partial charge in [-0.15, -0.1) is 0 Å². The summed E-state index contributed by atoms with van der Waals surface area (Å²) in [5.74, 6) is 0.388. The van der Waals surface area contributed by atoms with Gasteiger partial charge in [-0.2, -0.15) is 0 Å². The zero-order chi connectivity index (χ0) is 34.2. The molecule has 1 aromatic heterocycles. The van der Waals surface area contributed by atoms with Gasteiger partial charge in [0.05, 0.1) is 13.1 Å². The number of benzene rings is 4. The Hall–Kier alpha value is -5.85. The molecule has 12 nitrogen and oxygen atoms in total. The molecule has 0 aliphatic rings. The summed E-state index contributed by atoms with van der Waals surface area (Å²) in [5.41, 5.74) is -0.926. The van der Waals surface area contributed by atoms with E-state index in [2.05, 4.69) is 0 Å². The standard InChI is InChI=1S/C36H33N3O9/c1-37-34(44)38(20-28(40)22-47-30-16-12-26(13-17-30)32(42)24-8-4-2-5-9-24)36(46)39(35(37)45)21-29(41)23-48-31-18-14-27(15-19-31)33(43)25-10-6-3-7-11-25/h2-19,28-29,40-41H,20-23H2,1H3. The summed E-state index contributed by atoms with van der Waals surface area (Å²) in [6, 6.07) is 30.2. The number of nitrogens with zero attached hydrogens (tertiary/aromatic N) is 3. The van der Waals surface area contributed by atoms with Crippen molar-refractivity contribution in [3.8, 4) is 11.5 Å². The van der Waals surface area contributed by atoms with Crippen LogP contribution in [0.5, 0.6) is 11.5 Å². The molecule has 0 fully saturated rings. The molecule has 48 heavy (non-hydrogen) atoms. The van der Waals surface area contributed by atoms with E-state index >= 15 is 0 Å². The van der Waals surface area contributed by atoms with Gasteiger partial charge in [0.1, 0.15) is 36.9 Å².